The van der Waals surface area contributed by atoms with E-state index in [4.69, 9.17) is 0 Å². The molecule has 0 radical (unpaired) electrons. The van der Waals surface area contributed by atoms with Gasteiger partial charge in [0.1, 0.15) is 0 Å². The quantitative estimate of drug-likeness (QED) is 0.703. The average Bonchev–Trinajstić information content (AvgIpc) is 2.35. The molecule has 20 heavy (non-hydrogen) atoms. The SMILES string of the molecule is CC(C)CC(C)(C)C(=O)NCCCN1CCC(O)CC1. The van der Waals surface area contributed by atoms with E-state index in [-0.39, 0.29) is 17.4 Å². The summed E-state index contributed by atoms with van der Waals surface area (Å²) >= 11 is 0. The lowest BCUT2D eigenvalue weighted by atomic mass is 9.83. The first-order valence-electron chi connectivity index (χ1n) is 8.00. The van der Waals surface area contributed by atoms with E-state index in [9.17, 15) is 9.90 Å². The Morgan fingerprint density at radius 2 is 1.95 bits per heavy atom. The largest absolute Gasteiger partial charge is 0.393 e. The van der Waals surface area contributed by atoms with Crippen molar-refractivity contribution in [3.05, 3.63) is 0 Å². The monoisotopic (exact) mass is 284 g/mol. The Balaban J connectivity index is 2.15. The molecule has 1 aliphatic heterocycles. The molecule has 0 bridgehead atoms. The van der Waals surface area contributed by atoms with Gasteiger partial charge in [-0.05, 0) is 38.1 Å². The van der Waals surface area contributed by atoms with Crippen LogP contribution in [0.1, 0.15) is 53.4 Å². The lowest BCUT2D eigenvalue weighted by molar-refractivity contribution is -0.130. The highest BCUT2D eigenvalue weighted by molar-refractivity contribution is 5.81. The zero-order chi connectivity index (χ0) is 15.2. The first-order valence-corrected chi connectivity index (χ1v) is 8.00. The smallest absolute Gasteiger partial charge is 0.225 e. The molecule has 0 aromatic carbocycles. The third-order valence-electron chi connectivity index (χ3n) is 4.03. The second-order valence-corrected chi connectivity index (χ2v) is 7.16. The molecule has 0 atom stereocenters. The van der Waals surface area contributed by atoms with Gasteiger partial charge in [-0.3, -0.25) is 4.79 Å². The molecule has 118 valence electrons. The number of likely N-dealkylation sites (tertiary alicyclic amines) is 1. The van der Waals surface area contributed by atoms with Gasteiger partial charge in [0.05, 0.1) is 6.10 Å². The van der Waals surface area contributed by atoms with E-state index in [1.165, 1.54) is 0 Å². The van der Waals surface area contributed by atoms with Crippen molar-refractivity contribution in [3.63, 3.8) is 0 Å². The highest BCUT2D eigenvalue weighted by Gasteiger charge is 2.28. The summed E-state index contributed by atoms with van der Waals surface area (Å²) < 4.78 is 0. The maximum atomic E-state index is 12.1. The lowest BCUT2D eigenvalue weighted by Crippen LogP contribution is -2.40. The van der Waals surface area contributed by atoms with Crippen molar-refractivity contribution in [2.24, 2.45) is 11.3 Å². The minimum atomic E-state index is -0.274. The van der Waals surface area contributed by atoms with Crippen molar-refractivity contribution in [1.29, 1.82) is 0 Å². The van der Waals surface area contributed by atoms with Gasteiger partial charge in [-0.25, -0.2) is 0 Å². The molecule has 2 N–H and O–H groups in total. The zero-order valence-corrected chi connectivity index (χ0v) is 13.6. The van der Waals surface area contributed by atoms with Crippen LogP contribution in [0.2, 0.25) is 0 Å². The molecule has 1 rings (SSSR count). The van der Waals surface area contributed by atoms with E-state index >= 15 is 0 Å². The molecule has 1 amide bonds. The molecule has 4 nitrogen and oxygen atoms in total. The molecule has 0 spiro atoms. The predicted molar refractivity (Wildman–Crippen MR) is 82.5 cm³/mol. The molecule has 0 aromatic heterocycles. The summed E-state index contributed by atoms with van der Waals surface area (Å²) in [6.45, 7) is 12.1. The van der Waals surface area contributed by atoms with E-state index in [1.807, 2.05) is 13.8 Å². The molecule has 1 fully saturated rings. The molecule has 0 saturated carbocycles. The Morgan fingerprint density at radius 1 is 1.35 bits per heavy atom. The van der Waals surface area contributed by atoms with Crippen LogP contribution in [0, 0.1) is 11.3 Å². The number of nitrogens with one attached hydrogen (secondary N) is 1. The topological polar surface area (TPSA) is 52.6 Å². The van der Waals surface area contributed by atoms with Crippen LogP contribution in [0.4, 0.5) is 0 Å². The predicted octanol–water partition coefficient (Wildman–Crippen LogP) is 2.02. The number of aliphatic hydroxyl groups is 1. The third kappa shape index (κ3) is 6.23. The fourth-order valence-corrected chi connectivity index (χ4v) is 3.00. The molecule has 1 aliphatic rings. The summed E-state index contributed by atoms with van der Waals surface area (Å²) in [7, 11) is 0. The number of carbonyl (C=O) groups is 1. The van der Waals surface area contributed by atoms with Crippen molar-refractivity contribution in [2.45, 2.75) is 59.5 Å². The number of carbonyl (C=O) groups excluding carboxylic acids is 1. The molecule has 0 aromatic rings. The number of hydrogen-bond acceptors (Lipinski definition) is 3. The maximum absolute atomic E-state index is 12.1. The normalized spacial score (nSPS) is 18.5. The summed E-state index contributed by atoms with van der Waals surface area (Å²) in [4.78, 5) is 14.5. The molecule has 4 heteroatoms. The summed E-state index contributed by atoms with van der Waals surface area (Å²) in [5, 5.41) is 12.5. The van der Waals surface area contributed by atoms with Crippen molar-refractivity contribution < 1.29 is 9.90 Å². The molecular weight excluding hydrogens is 252 g/mol. The van der Waals surface area contributed by atoms with Gasteiger partial charge in [0, 0.05) is 25.0 Å². The number of piperidine rings is 1. The van der Waals surface area contributed by atoms with Crippen LogP contribution in [0.25, 0.3) is 0 Å². The Bertz CT molecular complexity index is 295. The number of rotatable bonds is 7. The van der Waals surface area contributed by atoms with Crippen LogP contribution in [0.5, 0.6) is 0 Å². The van der Waals surface area contributed by atoms with Gasteiger partial charge >= 0.3 is 0 Å². The number of hydrogen-bond donors (Lipinski definition) is 2. The van der Waals surface area contributed by atoms with E-state index in [1.54, 1.807) is 0 Å². The zero-order valence-electron chi connectivity index (χ0n) is 13.6. The number of amides is 1. The summed E-state index contributed by atoms with van der Waals surface area (Å²) in [6, 6.07) is 0. The van der Waals surface area contributed by atoms with E-state index in [0.717, 1.165) is 51.9 Å². The third-order valence-corrected chi connectivity index (χ3v) is 4.03. The van der Waals surface area contributed by atoms with Crippen LogP contribution >= 0.6 is 0 Å². The van der Waals surface area contributed by atoms with Crippen molar-refractivity contribution in [3.8, 4) is 0 Å². The Labute approximate surface area is 123 Å². The van der Waals surface area contributed by atoms with Crippen LogP contribution in [0.15, 0.2) is 0 Å². The maximum Gasteiger partial charge on any atom is 0.225 e. The summed E-state index contributed by atoms with van der Waals surface area (Å²) in [6.07, 6.45) is 3.56. The average molecular weight is 284 g/mol. The minimum absolute atomic E-state index is 0.109. The fraction of sp³-hybridized carbons (Fsp3) is 0.938. The van der Waals surface area contributed by atoms with Crippen LogP contribution in [-0.2, 0) is 4.79 Å². The fourth-order valence-electron chi connectivity index (χ4n) is 3.00. The van der Waals surface area contributed by atoms with Gasteiger partial charge in [-0.1, -0.05) is 27.7 Å². The summed E-state index contributed by atoms with van der Waals surface area (Å²) in [5.41, 5.74) is -0.274. The molecule has 0 aliphatic carbocycles. The van der Waals surface area contributed by atoms with Gasteiger partial charge in [-0.2, -0.15) is 0 Å². The van der Waals surface area contributed by atoms with E-state index in [2.05, 4.69) is 24.1 Å². The van der Waals surface area contributed by atoms with Crippen LogP contribution in [-0.4, -0.2) is 48.2 Å². The second-order valence-electron chi connectivity index (χ2n) is 7.16. The molecular formula is C16H32N2O2. The Kier molecular flexibility index (Phi) is 6.96. The van der Waals surface area contributed by atoms with Gasteiger partial charge in [0.15, 0.2) is 0 Å². The number of nitrogens with zero attached hydrogens (tertiary/aromatic N) is 1. The van der Waals surface area contributed by atoms with Crippen molar-refractivity contribution >= 4 is 5.91 Å². The van der Waals surface area contributed by atoms with Gasteiger partial charge < -0.3 is 15.3 Å². The van der Waals surface area contributed by atoms with E-state index < -0.39 is 0 Å². The number of aliphatic hydroxyl groups excluding tert-OH is 1. The standard InChI is InChI=1S/C16H32N2O2/c1-13(2)12-16(3,4)15(20)17-8-5-9-18-10-6-14(19)7-11-18/h13-14,19H,5-12H2,1-4H3,(H,17,20). The van der Waals surface area contributed by atoms with E-state index in [0.29, 0.717) is 5.92 Å². The lowest BCUT2D eigenvalue weighted by Gasteiger charge is -2.29. The first-order chi connectivity index (χ1) is 9.31. The van der Waals surface area contributed by atoms with Crippen molar-refractivity contribution in [1.82, 2.24) is 10.2 Å². The molecule has 1 saturated heterocycles. The molecule has 0 unspecified atom stereocenters. The minimum Gasteiger partial charge on any atom is -0.393 e. The van der Waals surface area contributed by atoms with Crippen LogP contribution in [0.3, 0.4) is 0 Å². The summed E-state index contributed by atoms with van der Waals surface area (Å²) in [5.74, 6) is 0.704. The van der Waals surface area contributed by atoms with Gasteiger partial charge in [0.2, 0.25) is 5.91 Å². The second kappa shape index (κ2) is 7.99. The molecule has 1 heterocycles. The Morgan fingerprint density at radius 3 is 2.50 bits per heavy atom. The van der Waals surface area contributed by atoms with Gasteiger partial charge in [0.25, 0.3) is 0 Å². The van der Waals surface area contributed by atoms with Crippen molar-refractivity contribution in [2.75, 3.05) is 26.2 Å². The highest BCUT2D eigenvalue weighted by Crippen LogP contribution is 2.25. The first kappa shape index (κ1) is 17.4. The Hall–Kier alpha value is -0.610. The highest BCUT2D eigenvalue weighted by atomic mass is 16.3. The van der Waals surface area contributed by atoms with Crippen LogP contribution < -0.4 is 5.32 Å². The van der Waals surface area contributed by atoms with Gasteiger partial charge in [-0.15, -0.1) is 0 Å².